The molecule has 208 valence electrons. The van der Waals surface area contributed by atoms with Crippen LogP contribution in [-0.4, -0.2) is 37.0 Å². The molecule has 7 nitrogen and oxygen atoms in total. The topological polar surface area (TPSA) is 85.6 Å². The Morgan fingerprint density at radius 3 is 2.34 bits per heavy atom. The summed E-state index contributed by atoms with van der Waals surface area (Å²) in [6, 6.07) is 16.4. The van der Waals surface area contributed by atoms with Gasteiger partial charge in [-0.3, -0.25) is 4.79 Å². The van der Waals surface area contributed by atoms with E-state index in [2.05, 4.69) is 25.6 Å². The molecule has 2 aromatic carbocycles. The molecule has 1 amide bonds. The lowest BCUT2D eigenvalue weighted by atomic mass is 10.0. The lowest BCUT2D eigenvalue weighted by molar-refractivity contribution is -0.160. The van der Waals surface area contributed by atoms with E-state index in [1.54, 1.807) is 54.6 Å². The number of anilines is 1. The van der Waals surface area contributed by atoms with Crippen molar-refractivity contribution >= 4 is 57.9 Å². The molecule has 0 aliphatic heterocycles. The minimum Gasteiger partial charge on any atom is -0.306 e. The summed E-state index contributed by atoms with van der Waals surface area (Å²) in [5, 5.41) is 16.3. The summed E-state index contributed by atoms with van der Waals surface area (Å²) in [6.45, 7) is 0. The molecule has 1 aliphatic rings. The quantitative estimate of drug-likeness (QED) is 0.203. The molecular weight excluding hydrogens is 620 g/mol. The molecule has 1 saturated carbocycles. The van der Waals surface area contributed by atoms with Crippen molar-refractivity contribution in [1.29, 1.82) is 0 Å². The molecule has 1 aliphatic carbocycles. The fourth-order valence-corrected chi connectivity index (χ4v) is 6.07. The smallest absolute Gasteiger partial charge is 0.306 e. The Balaban J connectivity index is 1.60. The van der Waals surface area contributed by atoms with Gasteiger partial charge in [0.25, 0.3) is 5.91 Å². The Bertz CT molecular complexity index is 1770. The van der Waals surface area contributed by atoms with Gasteiger partial charge in [-0.25, -0.2) is 9.67 Å². The monoisotopic (exact) mass is 634 g/mol. The summed E-state index contributed by atoms with van der Waals surface area (Å²) in [5.74, 6) is -0.358. The van der Waals surface area contributed by atoms with Gasteiger partial charge in [0.15, 0.2) is 5.01 Å². The van der Waals surface area contributed by atoms with Crippen molar-refractivity contribution in [2.24, 2.45) is 0 Å². The zero-order chi connectivity index (χ0) is 28.9. The number of nitrogens with zero attached hydrogens (tertiary/aromatic N) is 5. The average molecular weight is 636 g/mol. The van der Waals surface area contributed by atoms with Gasteiger partial charge in [0.05, 0.1) is 22.0 Å². The van der Waals surface area contributed by atoms with Crippen LogP contribution in [-0.2, 0) is 5.41 Å². The third-order valence-electron chi connectivity index (χ3n) is 6.60. The van der Waals surface area contributed by atoms with Gasteiger partial charge in [-0.05, 0) is 55.3 Å². The van der Waals surface area contributed by atoms with Crippen LogP contribution in [0.3, 0.4) is 0 Å². The summed E-state index contributed by atoms with van der Waals surface area (Å²) in [4.78, 5) is 18.1. The number of alkyl halides is 3. The van der Waals surface area contributed by atoms with E-state index in [9.17, 15) is 18.0 Å². The summed E-state index contributed by atoms with van der Waals surface area (Å²) in [5.41, 5.74) is -0.787. The molecule has 0 saturated heterocycles. The predicted molar refractivity (Wildman–Crippen MR) is 152 cm³/mol. The van der Waals surface area contributed by atoms with Crippen molar-refractivity contribution in [2.45, 2.75) is 24.4 Å². The summed E-state index contributed by atoms with van der Waals surface area (Å²) >= 11 is 19.6. The standard InChI is InChI=1S/C27H16Cl3F3N6OS/c28-15-6-4-14(5-7-15)22-20(23(40)35-19-3-1-2-12-34-19)21(38-39(22)18-9-8-16(29)13-17(18)30)24-36-37-25(41-24)26(10-11-26)27(31,32)33/h1-9,12-13H,10-11H2,(H,34,35,40). The highest BCUT2D eigenvalue weighted by Crippen LogP contribution is 2.60. The predicted octanol–water partition coefficient (Wildman–Crippen LogP) is 8.26. The molecule has 0 radical (unpaired) electrons. The van der Waals surface area contributed by atoms with E-state index in [4.69, 9.17) is 34.8 Å². The molecule has 41 heavy (non-hydrogen) atoms. The molecule has 1 fully saturated rings. The number of amides is 1. The highest BCUT2D eigenvalue weighted by atomic mass is 35.5. The van der Waals surface area contributed by atoms with Crippen molar-refractivity contribution < 1.29 is 18.0 Å². The van der Waals surface area contributed by atoms with Crippen LogP contribution in [0.4, 0.5) is 19.0 Å². The molecule has 6 rings (SSSR count). The first-order valence-corrected chi connectivity index (χ1v) is 14.0. The first kappa shape index (κ1) is 27.6. The summed E-state index contributed by atoms with van der Waals surface area (Å²) in [7, 11) is 0. The Kier molecular flexibility index (Phi) is 7.01. The van der Waals surface area contributed by atoms with Crippen LogP contribution in [0.25, 0.3) is 27.6 Å². The van der Waals surface area contributed by atoms with Crippen molar-refractivity contribution in [3.05, 3.63) is 92.5 Å². The number of benzene rings is 2. The van der Waals surface area contributed by atoms with Crippen molar-refractivity contribution in [3.8, 4) is 27.6 Å². The first-order valence-electron chi connectivity index (χ1n) is 12.1. The first-order chi connectivity index (χ1) is 19.6. The van der Waals surface area contributed by atoms with E-state index >= 15 is 0 Å². The van der Waals surface area contributed by atoms with E-state index in [-0.39, 0.29) is 45.0 Å². The number of rotatable bonds is 6. The molecule has 0 unspecified atom stereocenters. The summed E-state index contributed by atoms with van der Waals surface area (Å²) < 4.78 is 43.1. The Morgan fingerprint density at radius 2 is 1.71 bits per heavy atom. The maximum atomic E-state index is 13.9. The number of carbonyl (C=O) groups is 1. The number of pyridine rings is 1. The molecular formula is C27H16Cl3F3N6OS. The van der Waals surface area contributed by atoms with Crippen LogP contribution in [0, 0.1) is 0 Å². The van der Waals surface area contributed by atoms with Crippen molar-refractivity contribution in [2.75, 3.05) is 5.32 Å². The Morgan fingerprint density at radius 1 is 0.976 bits per heavy atom. The van der Waals surface area contributed by atoms with Gasteiger partial charge in [-0.1, -0.05) is 64.3 Å². The van der Waals surface area contributed by atoms with Gasteiger partial charge in [-0.2, -0.15) is 18.3 Å². The molecule has 1 N–H and O–H groups in total. The third-order valence-corrected chi connectivity index (χ3v) is 8.53. The Hall–Kier alpha value is -3.51. The second kappa shape index (κ2) is 10.4. The second-order valence-corrected chi connectivity index (χ2v) is 11.5. The lowest BCUT2D eigenvalue weighted by Crippen LogP contribution is -2.28. The SMILES string of the molecule is O=C(Nc1ccccn1)c1c(-c2nnc(C3(C(F)(F)F)CC3)s2)nn(-c2ccc(Cl)cc2Cl)c1-c1ccc(Cl)cc1. The third kappa shape index (κ3) is 5.07. The fraction of sp³-hybridized carbons (Fsp3) is 0.148. The molecule has 3 heterocycles. The fourth-order valence-electron chi connectivity index (χ4n) is 4.36. The highest BCUT2D eigenvalue weighted by Gasteiger charge is 2.66. The maximum Gasteiger partial charge on any atom is 0.400 e. The van der Waals surface area contributed by atoms with Crippen molar-refractivity contribution in [3.63, 3.8) is 0 Å². The van der Waals surface area contributed by atoms with E-state index in [0.29, 0.717) is 27.0 Å². The van der Waals surface area contributed by atoms with Crippen LogP contribution in [0.5, 0.6) is 0 Å². The lowest BCUT2D eigenvalue weighted by Gasteiger charge is -2.15. The number of halogens is 6. The van der Waals surface area contributed by atoms with Gasteiger partial charge in [0.2, 0.25) is 0 Å². The zero-order valence-corrected chi connectivity index (χ0v) is 23.7. The molecule has 14 heteroatoms. The van der Waals surface area contributed by atoms with Crippen LogP contribution < -0.4 is 5.32 Å². The average Bonchev–Trinajstić information content (AvgIpc) is 3.46. The largest absolute Gasteiger partial charge is 0.400 e. The Labute approximate surface area is 249 Å². The number of hydrogen-bond acceptors (Lipinski definition) is 6. The summed E-state index contributed by atoms with van der Waals surface area (Å²) in [6.07, 6.45) is -3.13. The van der Waals surface area contributed by atoms with Gasteiger partial charge < -0.3 is 5.32 Å². The molecule has 3 aromatic heterocycles. The number of aromatic nitrogens is 5. The van der Waals surface area contributed by atoms with Crippen LogP contribution >= 0.6 is 46.1 Å². The van der Waals surface area contributed by atoms with E-state index in [0.717, 1.165) is 11.3 Å². The van der Waals surface area contributed by atoms with Gasteiger partial charge in [-0.15, -0.1) is 10.2 Å². The molecule has 5 aromatic rings. The number of nitrogens with one attached hydrogen (secondary N) is 1. The second-order valence-electron chi connectivity index (χ2n) is 9.25. The minimum atomic E-state index is -4.48. The van der Waals surface area contributed by atoms with Crippen LogP contribution in [0.15, 0.2) is 66.9 Å². The minimum absolute atomic E-state index is 0.0242. The number of hydrogen-bond donors (Lipinski definition) is 1. The number of carbonyl (C=O) groups excluding carboxylic acids is 1. The normalized spacial score (nSPS) is 14.2. The van der Waals surface area contributed by atoms with Gasteiger partial charge in [0, 0.05) is 21.8 Å². The van der Waals surface area contributed by atoms with E-state index in [1.165, 1.54) is 16.9 Å². The molecule has 0 spiro atoms. The highest BCUT2D eigenvalue weighted by molar-refractivity contribution is 7.14. The van der Waals surface area contributed by atoms with Crippen LogP contribution in [0.2, 0.25) is 15.1 Å². The van der Waals surface area contributed by atoms with Gasteiger partial charge in [0.1, 0.15) is 21.9 Å². The van der Waals surface area contributed by atoms with Crippen LogP contribution in [0.1, 0.15) is 28.2 Å². The molecule has 0 bridgehead atoms. The van der Waals surface area contributed by atoms with E-state index < -0.39 is 17.5 Å². The van der Waals surface area contributed by atoms with Gasteiger partial charge >= 0.3 is 6.18 Å². The van der Waals surface area contributed by atoms with Crippen molar-refractivity contribution in [1.82, 2.24) is 25.0 Å². The maximum absolute atomic E-state index is 13.9. The van der Waals surface area contributed by atoms with E-state index in [1.807, 2.05) is 0 Å². The molecule has 0 atom stereocenters. The zero-order valence-electron chi connectivity index (χ0n) is 20.6.